The van der Waals surface area contributed by atoms with Crippen molar-refractivity contribution >= 4 is 33.7 Å². The van der Waals surface area contributed by atoms with E-state index in [2.05, 4.69) is 15.5 Å². The molecule has 3 aromatic carbocycles. The van der Waals surface area contributed by atoms with Gasteiger partial charge in [0, 0.05) is 29.0 Å². The fourth-order valence-electron chi connectivity index (χ4n) is 4.10. The summed E-state index contributed by atoms with van der Waals surface area (Å²) in [6.07, 6.45) is 3.37. The van der Waals surface area contributed by atoms with Crippen molar-refractivity contribution in [3.63, 3.8) is 0 Å². The molecule has 0 amide bonds. The van der Waals surface area contributed by atoms with Crippen molar-refractivity contribution in [1.82, 2.24) is 10.2 Å². The third kappa shape index (κ3) is 3.18. The number of H-pyrrole nitrogens is 1. The van der Waals surface area contributed by atoms with Gasteiger partial charge < -0.3 is 14.8 Å². The van der Waals surface area contributed by atoms with Gasteiger partial charge in [-0.1, -0.05) is 30.3 Å². The molecule has 162 valence electrons. The van der Waals surface area contributed by atoms with Gasteiger partial charge in [0.05, 0.1) is 33.6 Å². The summed E-state index contributed by atoms with van der Waals surface area (Å²) < 4.78 is 11.4. The number of non-ortho nitro benzene ring substituents is 1. The van der Waals surface area contributed by atoms with Crippen molar-refractivity contribution in [1.29, 1.82) is 0 Å². The Labute approximate surface area is 187 Å². The molecular formula is C24H17N5O4. The topological polar surface area (TPSA) is 115 Å². The van der Waals surface area contributed by atoms with E-state index in [9.17, 15) is 10.1 Å². The number of aliphatic imine (C=N–C) groups is 1. The zero-order chi connectivity index (χ0) is 22.4. The van der Waals surface area contributed by atoms with Gasteiger partial charge in [0.2, 0.25) is 0 Å². The second-order valence-corrected chi connectivity index (χ2v) is 7.59. The first kappa shape index (κ1) is 19.1. The number of nitrogens with one attached hydrogen (secondary N) is 2. The van der Waals surface area contributed by atoms with Gasteiger partial charge in [-0.15, -0.1) is 0 Å². The zero-order valence-corrected chi connectivity index (χ0v) is 17.2. The first-order valence-electron chi connectivity index (χ1n) is 10.3. The minimum Gasteiger partial charge on any atom is -0.486 e. The molecule has 0 saturated carbocycles. The fourth-order valence-corrected chi connectivity index (χ4v) is 4.10. The van der Waals surface area contributed by atoms with Crippen LogP contribution in [0.1, 0.15) is 16.7 Å². The Bertz CT molecular complexity index is 1470. The summed E-state index contributed by atoms with van der Waals surface area (Å²) in [6.45, 7) is 1.00. The molecule has 9 nitrogen and oxygen atoms in total. The van der Waals surface area contributed by atoms with Crippen LogP contribution in [0.2, 0.25) is 0 Å². The number of fused-ring (bicyclic) bond motifs is 4. The molecule has 0 fully saturated rings. The summed E-state index contributed by atoms with van der Waals surface area (Å²) in [6, 6.07) is 16.8. The number of rotatable bonds is 3. The summed E-state index contributed by atoms with van der Waals surface area (Å²) in [5.41, 5.74) is 4.53. The van der Waals surface area contributed by atoms with Crippen molar-refractivity contribution in [3.05, 3.63) is 93.8 Å². The van der Waals surface area contributed by atoms with E-state index in [1.165, 1.54) is 6.07 Å². The highest BCUT2D eigenvalue weighted by molar-refractivity contribution is 6.22. The van der Waals surface area contributed by atoms with E-state index in [-0.39, 0.29) is 5.69 Å². The lowest BCUT2D eigenvalue weighted by atomic mass is 9.98. The third-order valence-electron chi connectivity index (χ3n) is 5.64. The first-order valence-corrected chi connectivity index (χ1v) is 10.3. The molecule has 2 aliphatic rings. The van der Waals surface area contributed by atoms with Crippen LogP contribution in [0.25, 0.3) is 16.6 Å². The van der Waals surface area contributed by atoms with Crippen molar-refractivity contribution in [2.75, 3.05) is 18.5 Å². The Morgan fingerprint density at radius 2 is 1.79 bits per heavy atom. The maximum Gasteiger partial charge on any atom is 0.295 e. The van der Waals surface area contributed by atoms with Crippen molar-refractivity contribution < 1.29 is 14.4 Å². The standard InChI is InChI=1S/C24H17N5O4/c30-29(31)19-11-16-22(14-4-2-1-3-5-14)27-18(13-25-23(16)17-12-26-28-24(17)19)15-6-7-20-21(10-15)33-9-8-32-20/h1-7,10-13,25H,8-9H2,(H,26,28). The Kier molecular flexibility index (Phi) is 4.32. The van der Waals surface area contributed by atoms with Crippen LogP contribution in [0.3, 0.4) is 0 Å². The Hall–Kier alpha value is -4.66. The predicted octanol–water partition coefficient (Wildman–Crippen LogP) is 4.50. The van der Waals surface area contributed by atoms with Crippen LogP contribution in [0, 0.1) is 10.1 Å². The second-order valence-electron chi connectivity index (χ2n) is 7.59. The highest BCUT2D eigenvalue weighted by atomic mass is 16.6. The smallest absolute Gasteiger partial charge is 0.295 e. The molecule has 3 heterocycles. The number of nitro benzene ring substituents is 1. The summed E-state index contributed by atoms with van der Waals surface area (Å²) in [5, 5.41) is 22.5. The minimum atomic E-state index is -0.413. The van der Waals surface area contributed by atoms with E-state index < -0.39 is 4.92 Å². The van der Waals surface area contributed by atoms with Crippen LogP contribution in [-0.4, -0.2) is 34.0 Å². The molecule has 2 aliphatic heterocycles. The summed E-state index contributed by atoms with van der Waals surface area (Å²) in [5.74, 6) is 1.35. The monoisotopic (exact) mass is 439 g/mol. The summed E-state index contributed by atoms with van der Waals surface area (Å²) in [4.78, 5) is 16.4. The number of nitrogens with zero attached hydrogens (tertiary/aromatic N) is 3. The lowest BCUT2D eigenvalue weighted by molar-refractivity contribution is -0.383. The van der Waals surface area contributed by atoms with E-state index in [0.29, 0.717) is 58.3 Å². The molecule has 0 unspecified atom stereocenters. The average Bonchev–Trinajstić information content (AvgIpc) is 3.26. The quantitative estimate of drug-likeness (QED) is 0.359. The molecule has 0 atom stereocenters. The van der Waals surface area contributed by atoms with E-state index in [1.807, 2.05) is 48.5 Å². The van der Waals surface area contributed by atoms with Crippen LogP contribution >= 0.6 is 0 Å². The number of ether oxygens (including phenoxy) is 2. The maximum absolute atomic E-state index is 11.8. The fraction of sp³-hybridized carbons (Fsp3) is 0.0833. The van der Waals surface area contributed by atoms with Gasteiger partial charge in [0.25, 0.3) is 5.69 Å². The number of nitro groups is 1. The SMILES string of the molecule is O=[N+]([O-])c1cc2c(c3cn[nH]c13)NC=C(c1ccc3c(c1)OCCO3)N=C2c1ccccc1. The van der Waals surface area contributed by atoms with Gasteiger partial charge in [-0.3, -0.25) is 15.2 Å². The number of anilines is 1. The minimum absolute atomic E-state index is 0.0607. The zero-order valence-electron chi connectivity index (χ0n) is 17.2. The molecule has 33 heavy (non-hydrogen) atoms. The molecule has 6 rings (SSSR count). The lowest BCUT2D eigenvalue weighted by Gasteiger charge is -2.19. The van der Waals surface area contributed by atoms with Crippen molar-refractivity contribution in [2.24, 2.45) is 4.99 Å². The summed E-state index contributed by atoms with van der Waals surface area (Å²) >= 11 is 0. The highest BCUT2D eigenvalue weighted by Gasteiger charge is 2.26. The Balaban J connectivity index is 1.58. The van der Waals surface area contributed by atoms with E-state index in [1.54, 1.807) is 12.4 Å². The average molecular weight is 439 g/mol. The molecule has 9 heteroatoms. The van der Waals surface area contributed by atoms with E-state index >= 15 is 0 Å². The number of benzene rings is 3. The van der Waals surface area contributed by atoms with Crippen molar-refractivity contribution in [3.8, 4) is 11.5 Å². The summed E-state index contributed by atoms with van der Waals surface area (Å²) in [7, 11) is 0. The van der Waals surface area contributed by atoms with Crippen LogP contribution in [0.15, 0.2) is 72.0 Å². The highest BCUT2D eigenvalue weighted by Crippen LogP contribution is 2.39. The number of aromatic nitrogens is 2. The molecule has 0 aliphatic carbocycles. The molecule has 0 saturated heterocycles. The van der Waals surface area contributed by atoms with Crippen LogP contribution < -0.4 is 14.8 Å². The molecular weight excluding hydrogens is 422 g/mol. The van der Waals surface area contributed by atoms with Gasteiger partial charge in [-0.05, 0) is 18.2 Å². The molecule has 1 aromatic heterocycles. The van der Waals surface area contributed by atoms with E-state index in [0.717, 1.165) is 11.1 Å². The molecule has 4 aromatic rings. The Morgan fingerprint density at radius 1 is 0.970 bits per heavy atom. The van der Waals surface area contributed by atoms with Gasteiger partial charge >= 0.3 is 0 Å². The molecule has 0 radical (unpaired) electrons. The van der Waals surface area contributed by atoms with Crippen LogP contribution in [-0.2, 0) is 0 Å². The van der Waals surface area contributed by atoms with E-state index in [4.69, 9.17) is 14.5 Å². The van der Waals surface area contributed by atoms with Gasteiger partial charge in [0.15, 0.2) is 11.5 Å². The van der Waals surface area contributed by atoms with Gasteiger partial charge in [-0.25, -0.2) is 4.99 Å². The lowest BCUT2D eigenvalue weighted by Crippen LogP contribution is -2.15. The predicted molar refractivity (Wildman–Crippen MR) is 124 cm³/mol. The Morgan fingerprint density at radius 3 is 2.61 bits per heavy atom. The van der Waals surface area contributed by atoms with Crippen molar-refractivity contribution in [2.45, 2.75) is 0 Å². The van der Waals surface area contributed by atoms with Gasteiger partial charge in [0.1, 0.15) is 18.7 Å². The van der Waals surface area contributed by atoms with Crippen LogP contribution in [0.5, 0.6) is 11.5 Å². The van der Waals surface area contributed by atoms with Crippen LogP contribution in [0.4, 0.5) is 11.4 Å². The normalized spacial score (nSPS) is 14.5. The molecule has 0 bridgehead atoms. The largest absolute Gasteiger partial charge is 0.486 e. The third-order valence-corrected chi connectivity index (χ3v) is 5.64. The maximum atomic E-state index is 11.8. The van der Waals surface area contributed by atoms with Gasteiger partial charge in [-0.2, -0.15) is 5.10 Å². The number of hydrogen-bond acceptors (Lipinski definition) is 7. The second kappa shape index (κ2) is 7.49. The first-order chi connectivity index (χ1) is 16.2. The molecule has 2 N–H and O–H groups in total. The number of aromatic amines is 1. The molecule has 0 spiro atoms. The number of hydrogen-bond donors (Lipinski definition) is 2.